The molecule has 0 aliphatic carbocycles. The molecule has 134 valence electrons. The molecule has 2 N–H and O–H groups in total. The Hall–Kier alpha value is -1.38. The number of rotatable bonds is 5. The Bertz CT molecular complexity index is 529. The first kappa shape index (κ1) is 20.7. The summed E-state index contributed by atoms with van der Waals surface area (Å²) in [6.07, 6.45) is 4.77. The highest BCUT2D eigenvalue weighted by Gasteiger charge is 2.17. The number of hydrogen-bond acceptors (Lipinski definition) is 3. The number of hydrogen-bond donors (Lipinski definition) is 1. The van der Waals surface area contributed by atoms with Gasteiger partial charge in [0.25, 0.3) is 0 Å². The highest BCUT2D eigenvalue weighted by molar-refractivity contribution is 14.0. The van der Waals surface area contributed by atoms with Crippen molar-refractivity contribution in [1.82, 2.24) is 14.8 Å². The molecule has 0 saturated carbocycles. The van der Waals surface area contributed by atoms with Crippen LogP contribution in [-0.2, 0) is 11.2 Å². The summed E-state index contributed by atoms with van der Waals surface area (Å²) in [4.78, 5) is 24.4. The van der Waals surface area contributed by atoms with Gasteiger partial charge in [-0.25, -0.2) is 4.99 Å². The smallest absolute Gasteiger partial charge is 0.244 e. The van der Waals surface area contributed by atoms with Gasteiger partial charge in [-0.3, -0.25) is 9.78 Å². The first-order valence-electron chi connectivity index (χ1n) is 8.25. The molecule has 0 bridgehead atoms. The van der Waals surface area contributed by atoms with E-state index in [9.17, 15) is 4.79 Å². The number of halogens is 1. The minimum absolute atomic E-state index is 0. The van der Waals surface area contributed by atoms with Gasteiger partial charge in [-0.15, -0.1) is 24.0 Å². The number of carbonyl (C=O) groups excluding carboxylic acids is 1. The molecule has 2 rings (SSSR count). The molecule has 2 heterocycles. The minimum Gasteiger partial charge on any atom is -0.370 e. The van der Waals surface area contributed by atoms with Crippen molar-refractivity contribution in [2.45, 2.75) is 26.2 Å². The van der Waals surface area contributed by atoms with Crippen molar-refractivity contribution in [3.05, 3.63) is 30.1 Å². The molecule has 24 heavy (non-hydrogen) atoms. The molecule has 0 spiro atoms. The summed E-state index contributed by atoms with van der Waals surface area (Å²) in [5.74, 6) is 1.22. The number of guanidine groups is 1. The third-order valence-electron chi connectivity index (χ3n) is 4.34. The molecule has 1 saturated heterocycles. The molecule has 1 fully saturated rings. The molecule has 0 unspecified atom stereocenters. The van der Waals surface area contributed by atoms with E-state index in [2.05, 4.69) is 21.8 Å². The number of aromatic nitrogens is 1. The second-order valence-corrected chi connectivity index (χ2v) is 6.23. The van der Waals surface area contributed by atoms with Crippen LogP contribution in [0.1, 0.15) is 25.5 Å². The van der Waals surface area contributed by atoms with Crippen LogP contribution in [0.2, 0.25) is 0 Å². The highest BCUT2D eigenvalue weighted by Crippen LogP contribution is 2.15. The van der Waals surface area contributed by atoms with Crippen molar-refractivity contribution < 1.29 is 4.79 Å². The lowest BCUT2D eigenvalue weighted by Crippen LogP contribution is -2.43. The molecule has 0 radical (unpaired) electrons. The fourth-order valence-corrected chi connectivity index (χ4v) is 2.56. The Morgan fingerprint density at radius 2 is 2.12 bits per heavy atom. The monoisotopic (exact) mass is 445 g/mol. The van der Waals surface area contributed by atoms with E-state index in [0.29, 0.717) is 12.5 Å². The van der Waals surface area contributed by atoms with E-state index in [1.165, 1.54) is 0 Å². The van der Waals surface area contributed by atoms with E-state index < -0.39 is 0 Å². The summed E-state index contributed by atoms with van der Waals surface area (Å²) < 4.78 is 0. The molecule has 1 aliphatic heterocycles. The summed E-state index contributed by atoms with van der Waals surface area (Å²) >= 11 is 0. The molecule has 6 nitrogen and oxygen atoms in total. The first-order valence-corrected chi connectivity index (χ1v) is 8.25. The predicted molar refractivity (Wildman–Crippen MR) is 107 cm³/mol. The molecule has 0 aromatic carbocycles. The molecule has 1 amide bonds. The van der Waals surface area contributed by atoms with Crippen LogP contribution in [0.3, 0.4) is 0 Å². The molecular weight excluding hydrogens is 417 g/mol. The molecule has 7 heteroatoms. The maximum atomic E-state index is 12.1. The number of likely N-dealkylation sites (N-methyl/N-ethyl adjacent to an activating group) is 1. The number of nitrogens with zero attached hydrogens (tertiary/aromatic N) is 4. The number of pyridine rings is 1. The van der Waals surface area contributed by atoms with Crippen molar-refractivity contribution in [3.8, 4) is 0 Å². The number of likely N-dealkylation sites (tertiary alicyclic amines) is 1. The maximum Gasteiger partial charge on any atom is 0.244 e. The average molecular weight is 445 g/mol. The molecule has 1 aromatic rings. The van der Waals surface area contributed by atoms with Gasteiger partial charge in [-0.05, 0) is 30.9 Å². The topological polar surface area (TPSA) is 74.8 Å². The second-order valence-electron chi connectivity index (χ2n) is 6.23. The van der Waals surface area contributed by atoms with E-state index in [4.69, 9.17) is 5.73 Å². The Morgan fingerprint density at radius 3 is 2.75 bits per heavy atom. The van der Waals surface area contributed by atoms with Crippen LogP contribution in [0.4, 0.5) is 0 Å². The maximum absolute atomic E-state index is 12.1. The third kappa shape index (κ3) is 6.62. The number of amides is 1. The van der Waals surface area contributed by atoms with E-state index in [1.807, 2.05) is 18.2 Å². The molecular formula is C17H28IN5O. The van der Waals surface area contributed by atoms with Gasteiger partial charge in [0, 0.05) is 45.0 Å². The quantitative estimate of drug-likeness (QED) is 0.426. The lowest BCUT2D eigenvalue weighted by molar-refractivity contribution is -0.128. The summed E-state index contributed by atoms with van der Waals surface area (Å²) in [6.45, 7) is 4.86. The van der Waals surface area contributed by atoms with E-state index in [-0.39, 0.29) is 36.4 Å². The summed E-state index contributed by atoms with van der Waals surface area (Å²) in [5.41, 5.74) is 6.99. The SMILES string of the molecule is CC1CCN(C(N)=NCC(=O)N(C)CCc2ccccn2)CC1.I. The summed E-state index contributed by atoms with van der Waals surface area (Å²) in [6, 6.07) is 5.80. The number of piperidine rings is 1. The lowest BCUT2D eigenvalue weighted by atomic mass is 10.00. The normalized spacial score (nSPS) is 15.8. The van der Waals surface area contributed by atoms with E-state index in [1.54, 1.807) is 18.1 Å². The fourth-order valence-electron chi connectivity index (χ4n) is 2.56. The minimum atomic E-state index is -0.0192. The van der Waals surface area contributed by atoms with Gasteiger partial charge in [-0.2, -0.15) is 0 Å². The van der Waals surface area contributed by atoms with Gasteiger partial charge in [-0.1, -0.05) is 13.0 Å². The second kappa shape index (κ2) is 10.5. The Labute approximate surface area is 161 Å². The van der Waals surface area contributed by atoms with Crippen LogP contribution >= 0.6 is 24.0 Å². The van der Waals surface area contributed by atoms with Gasteiger partial charge in [0.2, 0.25) is 5.91 Å². The average Bonchev–Trinajstić information content (AvgIpc) is 2.58. The largest absolute Gasteiger partial charge is 0.370 e. The number of carbonyl (C=O) groups is 1. The van der Waals surface area contributed by atoms with Gasteiger partial charge in [0.1, 0.15) is 6.54 Å². The zero-order chi connectivity index (χ0) is 16.7. The number of aliphatic imine (C=N–C) groups is 1. The molecule has 1 aromatic heterocycles. The van der Waals surface area contributed by atoms with Crippen molar-refractivity contribution in [3.63, 3.8) is 0 Å². The first-order chi connectivity index (χ1) is 11.1. The standard InChI is InChI=1S/C17H27N5O.HI/c1-14-6-11-22(12-7-14)17(18)20-13-16(23)21(2)10-8-15-5-3-4-9-19-15;/h3-5,9,14H,6-8,10-13H2,1-2H3,(H2,18,20);1H. The highest BCUT2D eigenvalue weighted by atomic mass is 127. The third-order valence-corrected chi connectivity index (χ3v) is 4.34. The van der Waals surface area contributed by atoms with Gasteiger partial charge in [0.05, 0.1) is 0 Å². The Morgan fingerprint density at radius 1 is 1.42 bits per heavy atom. The van der Waals surface area contributed by atoms with Crippen LogP contribution in [0.15, 0.2) is 29.4 Å². The van der Waals surface area contributed by atoms with Crippen LogP contribution in [-0.4, -0.2) is 59.9 Å². The predicted octanol–water partition coefficient (Wildman–Crippen LogP) is 1.75. The lowest BCUT2D eigenvalue weighted by Gasteiger charge is -2.31. The van der Waals surface area contributed by atoms with E-state index in [0.717, 1.165) is 44.0 Å². The van der Waals surface area contributed by atoms with Gasteiger partial charge in [0.15, 0.2) is 5.96 Å². The van der Waals surface area contributed by atoms with Crippen molar-refractivity contribution in [2.75, 3.05) is 33.2 Å². The van der Waals surface area contributed by atoms with Crippen LogP contribution in [0.5, 0.6) is 0 Å². The zero-order valence-corrected chi connectivity index (χ0v) is 16.8. The summed E-state index contributed by atoms with van der Waals surface area (Å²) in [5, 5.41) is 0. The zero-order valence-electron chi connectivity index (χ0n) is 14.5. The Balaban J connectivity index is 0.00000288. The summed E-state index contributed by atoms with van der Waals surface area (Å²) in [7, 11) is 1.79. The Kier molecular flexibility index (Phi) is 9.02. The van der Waals surface area contributed by atoms with Crippen molar-refractivity contribution in [2.24, 2.45) is 16.6 Å². The van der Waals surface area contributed by atoms with Crippen molar-refractivity contribution >= 4 is 35.8 Å². The number of nitrogens with two attached hydrogens (primary N) is 1. The fraction of sp³-hybridized carbons (Fsp3) is 0.588. The molecule has 0 atom stereocenters. The van der Waals surface area contributed by atoms with Gasteiger partial charge < -0.3 is 15.5 Å². The van der Waals surface area contributed by atoms with Crippen LogP contribution < -0.4 is 5.73 Å². The van der Waals surface area contributed by atoms with Crippen LogP contribution in [0, 0.1) is 5.92 Å². The molecule has 1 aliphatic rings. The van der Waals surface area contributed by atoms with Crippen molar-refractivity contribution in [1.29, 1.82) is 0 Å². The van der Waals surface area contributed by atoms with Gasteiger partial charge >= 0.3 is 0 Å². The van der Waals surface area contributed by atoms with E-state index >= 15 is 0 Å². The van der Waals surface area contributed by atoms with Crippen LogP contribution in [0.25, 0.3) is 0 Å².